The molecule has 1 N–H and O–H groups in total. The van der Waals surface area contributed by atoms with Crippen LogP contribution in [0.1, 0.15) is 29.7 Å². The summed E-state index contributed by atoms with van der Waals surface area (Å²) in [6.45, 7) is 3.71. The van der Waals surface area contributed by atoms with Gasteiger partial charge in [-0.1, -0.05) is 78.4 Å². The van der Waals surface area contributed by atoms with Crippen molar-refractivity contribution >= 4 is 15.9 Å². The van der Waals surface area contributed by atoms with E-state index in [0.29, 0.717) is 0 Å². The van der Waals surface area contributed by atoms with Crippen LogP contribution in [0.2, 0.25) is 0 Å². The van der Waals surface area contributed by atoms with Crippen LogP contribution in [0.25, 0.3) is 0 Å². The molecule has 1 amide bonds. The van der Waals surface area contributed by atoms with Crippen molar-refractivity contribution in [1.29, 1.82) is 0 Å². The van der Waals surface area contributed by atoms with E-state index in [2.05, 4.69) is 5.32 Å². The van der Waals surface area contributed by atoms with E-state index in [1.807, 2.05) is 68.4 Å². The maximum absolute atomic E-state index is 13.2. The fourth-order valence-corrected chi connectivity index (χ4v) is 4.54. The summed E-state index contributed by atoms with van der Waals surface area (Å²) in [6.07, 6.45) is 0. The summed E-state index contributed by atoms with van der Waals surface area (Å²) in [6, 6.07) is 25.2. The molecule has 3 rings (SSSR count). The minimum Gasteiger partial charge on any atom is -0.348 e. The number of sulfonamides is 1. The summed E-state index contributed by atoms with van der Waals surface area (Å²) in [5.41, 5.74) is 2.87. The Labute approximate surface area is 178 Å². The number of benzene rings is 3. The molecule has 3 aromatic rings. The van der Waals surface area contributed by atoms with Gasteiger partial charge in [0.05, 0.1) is 17.5 Å². The zero-order chi connectivity index (χ0) is 21.6. The highest BCUT2D eigenvalue weighted by atomic mass is 32.2. The lowest BCUT2D eigenvalue weighted by molar-refractivity contribution is -0.122. The van der Waals surface area contributed by atoms with E-state index in [4.69, 9.17) is 0 Å². The first-order valence-corrected chi connectivity index (χ1v) is 11.3. The smallest absolute Gasteiger partial charge is 0.243 e. The Morgan fingerprint density at radius 2 is 1.47 bits per heavy atom. The van der Waals surface area contributed by atoms with Gasteiger partial charge in [-0.05, 0) is 37.1 Å². The van der Waals surface area contributed by atoms with E-state index in [-0.39, 0.29) is 29.9 Å². The molecule has 0 heterocycles. The van der Waals surface area contributed by atoms with Crippen LogP contribution in [-0.4, -0.2) is 25.2 Å². The molecule has 0 bridgehead atoms. The third-order valence-corrected chi connectivity index (χ3v) is 6.66. The number of nitrogens with zero attached hydrogens (tertiary/aromatic N) is 1. The van der Waals surface area contributed by atoms with Gasteiger partial charge >= 0.3 is 0 Å². The van der Waals surface area contributed by atoms with Crippen molar-refractivity contribution < 1.29 is 13.2 Å². The van der Waals surface area contributed by atoms with Crippen molar-refractivity contribution in [2.24, 2.45) is 0 Å². The van der Waals surface area contributed by atoms with Gasteiger partial charge in [-0.15, -0.1) is 0 Å². The molecule has 1 atom stereocenters. The zero-order valence-corrected chi connectivity index (χ0v) is 18.0. The summed E-state index contributed by atoms with van der Waals surface area (Å²) in [7, 11) is -3.83. The predicted octanol–water partition coefficient (Wildman–Crippen LogP) is 4.06. The van der Waals surface area contributed by atoms with Crippen molar-refractivity contribution in [3.8, 4) is 0 Å². The Morgan fingerprint density at radius 3 is 2.07 bits per heavy atom. The molecule has 0 aromatic heterocycles. The number of rotatable bonds is 8. The highest BCUT2D eigenvalue weighted by molar-refractivity contribution is 7.89. The molecule has 0 unspecified atom stereocenters. The predicted molar refractivity (Wildman–Crippen MR) is 118 cm³/mol. The van der Waals surface area contributed by atoms with Gasteiger partial charge in [0.25, 0.3) is 0 Å². The lowest BCUT2D eigenvalue weighted by Crippen LogP contribution is -2.41. The normalized spacial score (nSPS) is 12.5. The standard InChI is InChI=1S/C24H26N2O3S/c1-19-13-15-21(16-14-19)17-26(30(28,29)23-11-7-4-8-12-23)18-24(27)25-20(2)22-9-5-3-6-10-22/h3-16,20H,17-18H2,1-2H3,(H,25,27)/t20-/m0/s1. The number of carbonyl (C=O) groups excluding carboxylic acids is 1. The Morgan fingerprint density at radius 1 is 0.900 bits per heavy atom. The summed E-state index contributed by atoms with van der Waals surface area (Å²) in [5, 5.41) is 2.90. The van der Waals surface area contributed by atoms with Crippen LogP contribution in [0.3, 0.4) is 0 Å². The van der Waals surface area contributed by atoms with Crippen molar-refractivity contribution in [3.05, 3.63) is 102 Å². The first-order valence-electron chi connectivity index (χ1n) is 9.81. The van der Waals surface area contributed by atoms with Gasteiger partial charge in [0, 0.05) is 6.54 Å². The third-order valence-electron chi connectivity index (χ3n) is 4.86. The molecule has 6 heteroatoms. The van der Waals surface area contributed by atoms with Crippen LogP contribution in [0, 0.1) is 6.92 Å². The number of nitrogens with one attached hydrogen (secondary N) is 1. The van der Waals surface area contributed by atoms with Gasteiger partial charge in [-0.3, -0.25) is 4.79 Å². The highest BCUT2D eigenvalue weighted by Crippen LogP contribution is 2.19. The van der Waals surface area contributed by atoms with Crippen LogP contribution in [0.15, 0.2) is 89.8 Å². The first-order chi connectivity index (χ1) is 14.4. The number of aryl methyl sites for hydroxylation is 1. The molecular formula is C24H26N2O3S. The topological polar surface area (TPSA) is 66.5 Å². The van der Waals surface area contributed by atoms with E-state index in [9.17, 15) is 13.2 Å². The van der Waals surface area contributed by atoms with E-state index >= 15 is 0 Å². The number of carbonyl (C=O) groups is 1. The Balaban J connectivity index is 1.81. The summed E-state index contributed by atoms with van der Waals surface area (Å²) >= 11 is 0. The van der Waals surface area contributed by atoms with Crippen molar-refractivity contribution in [2.75, 3.05) is 6.54 Å². The molecule has 0 aliphatic carbocycles. The highest BCUT2D eigenvalue weighted by Gasteiger charge is 2.27. The van der Waals surface area contributed by atoms with Gasteiger partial charge in [0.2, 0.25) is 15.9 Å². The molecule has 0 aliphatic heterocycles. The zero-order valence-electron chi connectivity index (χ0n) is 17.2. The Bertz CT molecular complexity index is 1070. The molecule has 156 valence electrons. The Hall–Kier alpha value is -2.96. The molecule has 0 fully saturated rings. The van der Waals surface area contributed by atoms with E-state index in [1.165, 1.54) is 4.31 Å². The van der Waals surface area contributed by atoms with Gasteiger partial charge in [0.15, 0.2) is 0 Å². The molecule has 0 saturated heterocycles. The minimum absolute atomic E-state index is 0.116. The van der Waals surface area contributed by atoms with Crippen molar-refractivity contribution in [3.63, 3.8) is 0 Å². The number of hydrogen-bond acceptors (Lipinski definition) is 3. The SMILES string of the molecule is Cc1ccc(CN(CC(=O)N[C@@H](C)c2ccccc2)S(=O)(=O)c2ccccc2)cc1. The van der Waals surface area contributed by atoms with Gasteiger partial charge in [-0.25, -0.2) is 8.42 Å². The first kappa shape index (κ1) is 21.7. The second-order valence-corrected chi connectivity index (χ2v) is 9.21. The molecule has 5 nitrogen and oxygen atoms in total. The fraction of sp³-hybridized carbons (Fsp3) is 0.208. The van der Waals surface area contributed by atoms with Gasteiger partial charge in [-0.2, -0.15) is 4.31 Å². The maximum Gasteiger partial charge on any atom is 0.243 e. The van der Waals surface area contributed by atoms with Crippen LogP contribution in [0.5, 0.6) is 0 Å². The molecule has 0 radical (unpaired) electrons. The summed E-state index contributed by atoms with van der Waals surface area (Å²) < 4.78 is 27.7. The molecule has 0 aliphatic rings. The van der Waals surface area contributed by atoms with E-state index < -0.39 is 10.0 Å². The van der Waals surface area contributed by atoms with E-state index in [1.54, 1.807) is 30.3 Å². The Kier molecular flexibility index (Phi) is 7.03. The second kappa shape index (κ2) is 9.69. The van der Waals surface area contributed by atoms with Crippen LogP contribution in [0.4, 0.5) is 0 Å². The van der Waals surface area contributed by atoms with Crippen molar-refractivity contribution in [1.82, 2.24) is 9.62 Å². The van der Waals surface area contributed by atoms with Crippen LogP contribution < -0.4 is 5.32 Å². The summed E-state index contributed by atoms with van der Waals surface area (Å²) in [4.78, 5) is 12.9. The summed E-state index contributed by atoms with van der Waals surface area (Å²) in [5.74, 6) is -0.349. The molecular weight excluding hydrogens is 396 g/mol. The molecule has 0 spiro atoms. The van der Waals surface area contributed by atoms with E-state index in [0.717, 1.165) is 16.7 Å². The van der Waals surface area contributed by atoms with Gasteiger partial charge in [0.1, 0.15) is 0 Å². The lowest BCUT2D eigenvalue weighted by atomic mass is 10.1. The number of amides is 1. The van der Waals surface area contributed by atoms with Crippen LogP contribution in [-0.2, 0) is 21.4 Å². The van der Waals surface area contributed by atoms with Crippen LogP contribution >= 0.6 is 0 Å². The third kappa shape index (κ3) is 5.55. The molecule has 3 aromatic carbocycles. The monoisotopic (exact) mass is 422 g/mol. The average Bonchev–Trinajstić information content (AvgIpc) is 2.76. The lowest BCUT2D eigenvalue weighted by Gasteiger charge is -2.23. The minimum atomic E-state index is -3.83. The second-order valence-electron chi connectivity index (χ2n) is 7.27. The van der Waals surface area contributed by atoms with Crippen molar-refractivity contribution in [2.45, 2.75) is 31.3 Å². The number of hydrogen-bond donors (Lipinski definition) is 1. The average molecular weight is 423 g/mol. The quantitative estimate of drug-likeness (QED) is 0.595. The fourth-order valence-electron chi connectivity index (χ4n) is 3.14. The largest absolute Gasteiger partial charge is 0.348 e. The molecule has 30 heavy (non-hydrogen) atoms. The van der Waals surface area contributed by atoms with Gasteiger partial charge < -0.3 is 5.32 Å². The maximum atomic E-state index is 13.2. The molecule has 0 saturated carbocycles.